The minimum absolute atomic E-state index is 0.00272. The third-order valence-corrected chi connectivity index (χ3v) is 4.64. The van der Waals surface area contributed by atoms with Gasteiger partial charge in [0.2, 0.25) is 0 Å². The zero-order chi connectivity index (χ0) is 17.4. The Morgan fingerprint density at radius 2 is 2.00 bits per heavy atom. The quantitative estimate of drug-likeness (QED) is 0.728. The normalized spacial score (nSPS) is 26.3. The Morgan fingerprint density at radius 1 is 1.20 bits per heavy atom. The molecule has 1 aromatic carbocycles. The van der Waals surface area contributed by atoms with E-state index in [0.717, 1.165) is 10.5 Å². The smallest absolute Gasteiger partial charge is 0.277 e. The SMILES string of the molecule is O=C1C=C(Nc2ccc(C3OCN4COCC34)cc2)C(=O)N1CCO. The summed E-state index contributed by atoms with van der Waals surface area (Å²) < 4.78 is 11.3. The van der Waals surface area contributed by atoms with Gasteiger partial charge < -0.3 is 19.9 Å². The molecule has 8 heteroatoms. The summed E-state index contributed by atoms with van der Waals surface area (Å²) in [5.74, 6) is -0.847. The van der Waals surface area contributed by atoms with E-state index in [1.54, 1.807) is 0 Å². The minimum Gasteiger partial charge on any atom is -0.395 e. The van der Waals surface area contributed by atoms with Crippen LogP contribution >= 0.6 is 0 Å². The van der Waals surface area contributed by atoms with E-state index in [4.69, 9.17) is 14.6 Å². The molecular weight excluding hydrogens is 326 g/mol. The second-order valence-corrected chi connectivity index (χ2v) is 6.20. The van der Waals surface area contributed by atoms with Crippen molar-refractivity contribution in [2.75, 3.05) is 38.5 Å². The van der Waals surface area contributed by atoms with E-state index in [0.29, 0.717) is 25.8 Å². The Morgan fingerprint density at radius 3 is 2.76 bits per heavy atom. The number of imide groups is 1. The summed E-state index contributed by atoms with van der Waals surface area (Å²) >= 11 is 0. The zero-order valence-electron chi connectivity index (χ0n) is 13.6. The van der Waals surface area contributed by atoms with Gasteiger partial charge in [0, 0.05) is 11.8 Å². The molecule has 1 aromatic rings. The Hall–Kier alpha value is -2.26. The van der Waals surface area contributed by atoms with Crippen LogP contribution in [0.1, 0.15) is 11.7 Å². The van der Waals surface area contributed by atoms with Crippen LogP contribution in [0.3, 0.4) is 0 Å². The van der Waals surface area contributed by atoms with E-state index in [-0.39, 0.29) is 31.0 Å². The number of amides is 2. The minimum atomic E-state index is -0.430. The lowest BCUT2D eigenvalue weighted by Crippen LogP contribution is -2.34. The van der Waals surface area contributed by atoms with Crippen molar-refractivity contribution in [1.82, 2.24) is 9.80 Å². The van der Waals surface area contributed by atoms with Crippen molar-refractivity contribution in [3.05, 3.63) is 41.6 Å². The van der Waals surface area contributed by atoms with Crippen molar-refractivity contribution in [3.63, 3.8) is 0 Å². The van der Waals surface area contributed by atoms with Crippen molar-refractivity contribution >= 4 is 17.5 Å². The first kappa shape index (κ1) is 16.2. The van der Waals surface area contributed by atoms with Crippen molar-refractivity contribution in [1.29, 1.82) is 0 Å². The largest absolute Gasteiger partial charge is 0.395 e. The lowest BCUT2D eigenvalue weighted by molar-refractivity contribution is -0.137. The lowest BCUT2D eigenvalue weighted by atomic mass is 10.0. The summed E-state index contributed by atoms with van der Waals surface area (Å²) in [4.78, 5) is 27.1. The van der Waals surface area contributed by atoms with E-state index < -0.39 is 11.8 Å². The van der Waals surface area contributed by atoms with Gasteiger partial charge in [0.15, 0.2) is 0 Å². The first-order valence-electron chi connectivity index (χ1n) is 8.16. The van der Waals surface area contributed by atoms with E-state index in [2.05, 4.69) is 10.2 Å². The fourth-order valence-corrected chi connectivity index (χ4v) is 3.33. The molecule has 0 saturated carbocycles. The van der Waals surface area contributed by atoms with Crippen LogP contribution in [-0.4, -0.2) is 66.0 Å². The van der Waals surface area contributed by atoms with E-state index >= 15 is 0 Å². The Balaban J connectivity index is 1.44. The van der Waals surface area contributed by atoms with Crippen LogP contribution in [0.15, 0.2) is 36.0 Å². The zero-order valence-corrected chi connectivity index (χ0v) is 13.6. The maximum Gasteiger partial charge on any atom is 0.277 e. The van der Waals surface area contributed by atoms with Crippen molar-refractivity contribution in [3.8, 4) is 0 Å². The summed E-state index contributed by atoms with van der Waals surface area (Å²) in [5, 5.41) is 11.9. The number of aliphatic hydroxyl groups excluding tert-OH is 1. The molecule has 0 spiro atoms. The fraction of sp³-hybridized carbons (Fsp3) is 0.412. The average molecular weight is 345 g/mol. The van der Waals surface area contributed by atoms with Gasteiger partial charge >= 0.3 is 0 Å². The first-order valence-corrected chi connectivity index (χ1v) is 8.16. The molecule has 2 fully saturated rings. The molecule has 2 saturated heterocycles. The van der Waals surface area contributed by atoms with Gasteiger partial charge in [-0.3, -0.25) is 14.5 Å². The molecule has 3 heterocycles. The number of anilines is 1. The number of nitrogens with zero attached hydrogens (tertiary/aromatic N) is 2. The monoisotopic (exact) mass is 345 g/mol. The summed E-state index contributed by atoms with van der Waals surface area (Å²) in [6, 6.07) is 7.83. The molecule has 4 rings (SSSR count). The van der Waals surface area contributed by atoms with Gasteiger partial charge in [0.25, 0.3) is 11.8 Å². The van der Waals surface area contributed by atoms with E-state index in [1.165, 1.54) is 6.08 Å². The number of benzene rings is 1. The number of rotatable bonds is 5. The molecule has 2 N–H and O–H groups in total. The molecule has 132 valence electrons. The predicted molar refractivity (Wildman–Crippen MR) is 87.1 cm³/mol. The molecule has 8 nitrogen and oxygen atoms in total. The molecule has 2 unspecified atom stereocenters. The van der Waals surface area contributed by atoms with Crippen molar-refractivity contribution in [2.24, 2.45) is 0 Å². The van der Waals surface area contributed by atoms with Crippen molar-refractivity contribution in [2.45, 2.75) is 12.1 Å². The van der Waals surface area contributed by atoms with Crippen LogP contribution in [0.25, 0.3) is 0 Å². The highest BCUT2D eigenvalue weighted by molar-refractivity contribution is 6.17. The Labute approximate surface area is 144 Å². The number of carbonyl (C=O) groups excluding carboxylic acids is 2. The van der Waals surface area contributed by atoms with Crippen LogP contribution in [0.4, 0.5) is 5.69 Å². The molecule has 3 aliphatic rings. The lowest BCUT2D eigenvalue weighted by Gasteiger charge is -2.17. The topological polar surface area (TPSA) is 91.3 Å². The molecule has 0 aliphatic carbocycles. The van der Waals surface area contributed by atoms with Crippen molar-refractivity contribution < 1.29 is 24.2 Å². The van der Waals surface area contributed by atoms with Crippen LogP contribution in [0, 0.1) is 0 Å². The number of nitrogens with one attached hydrogen (secondary N) is 1. The first-order chi connectivity index (χ1) is 12.2. The van der Waals surface area contributed by atoms with Gasteiger partial charge in [-0.25, -0.2) is 4.90 Å². The second kappa shape index (κ2) is 6.57. The third kappa shape index (κ3) is 2.93. The summed E-state index contributed by atoms with van der Waals surface area (Å²) in [5.41, 5.74) is 1.96. The molecule has 0 bridgehead atoms. The van der Waals surface area contributed by atoms with Gasteiger partial charge in [0.1, 0.15) is 25.3 Å². The molecular formula is C17H19N3O5. The number of carbonyl (C=O) groups is 2. The second-order valence-electron chi connectivity index (χ2n) is 6.20. The van der Waals surface area contributed by atoms with Crippen LogP contribution < -0.4 is 5.32 Å². The van der Waals surface area contributed by atoms with Gasteiger partial charge in [-0.1, -0.05) is 12.1 Å². The highest BCUT2D eigenvalue weighted by Crippen LogP contribution is 2.34. The van der Waals surface area contributed by atoms with Gasteiger partial charge in [-0.2, -0.15) is 0 Å². The predicted octanol–water partition coefficient (Wildman–Crippen LogP) is 0.0306. The highest BCUT2D eigenvalue weighted by Gasteiger charge is 2.40. The molecule has 2 atom stereocenters. The number of ether oxygens (including phenoxy) is 2. The number of aliphatic hydroxyl groups is 1. The van der Waals surface area contributed by atoms with Crippen LogP contribution in [0.2, 0.25) is 0 Å². The number of hydrogen-bond acceptors (Lipinski definition) is 7. The number of hydrogen-bond donors (Lipinski definition) is 2. The van der Waals surface area contributed by atoms with Gasteiger partial charge in [-0.05, 0) is 17.7 Å². The highest BCUT2D eigenvalue weighted by atomic mass is 16.6. The number of β-amino-alcohol motifs (C(OH)–C–C–N with tert-alkyl or cyclic N) is 1. The summed E-state index contributed by atoms with van der Waals surface area (Å²) in [6.45, 7) is 1.58. The molecule has 0 radical (unpaired) electrons. The van der Waals surface area contributed by atoms with E-state index in [1.807, 2.05) is 24.3 Å². The van der Waals surface area contributed by atoms with Gasteiger partial charge in [-0.15, -0.1) is 0 Å². The molecule has 2 amide bonds. The summed E-state index contributed by atoms with van der Waals surface area (Å²) in [6.07, 6.45) is 1.23. The van der Waals surface area contributed by atoms with Gasteiger partial charge in [0.05, 0.1) is 25.8 Å². The molecule has 25 heavy (non-hydrogen) atoms. The fourth-order valence-electron chi connectivity index (χ4n) is 3.33. The third-order valence-electron chi connectivity index (χ3n) is 4.64. The maximum atomic E-state index is 12.1. The Bertz CT molecular complexity index is 717. The maximum absolute atomic E-state index is 12.1. The summed E-state index contributed by atoms with van der Waals surface area (Å²) in [7, 11) is 0. The number of fused-ring (bicyclic) bond motifs is 1. The Kier molecular flexibility index (Phi) is 4.26. The van der Waals surface area contributed by atoms with Crippen LogP contribution in [0.5, 0.6) is 0 Å². The average Bonchev–Trinajstić information content (AvgIpc) is 3.28. The molecule has 3 aliphatic heterocycles. The standard InChI is InChI=1S/C17H19N3O5/c21-6-5-20-15(22)7-13(17(20)23)18-12-3-1-11(2-4-12)16-14-8-24-9-19(14)10-25-16/h1-4,7,14,16,18,21H,5-6,8-10H2. The van der Waals surface area contributed by atoms with Crippen LogP contribution in [-0.2, 0) is 19.1 Å². The van der Waals surface area contributed by atoms with E-state index in [9.17, 15) is 9.59 Å². The molecule has 0 aromatic heterocycles.